The van der Waals surface area contributed by atoms with Crippen LogP contribution in [-0.4, -0.2) is 32.3 Å². The molecule has 2 aromatic heterocycles. The van der Waals surface area contributed by atoms with Gasteiger partial charge >= 0.3 is 0 Å². The van der Waals surface area contributed by atoms with Crippen LogP contribution in [0, 0.1) is 6.92 Å². The van der Waals surface area contributed by atoms with Crippen LogP contribution in [0.2, 0.25) is 0 Å². The van der Waals surface area contributed by atoms with Crippen LogP contribution in [0.1, 0.15) is 48.7 Å². The zero-order valence-corrected chi connectivity index (χ0v) is 16.6. The lowest BCUT2D eigenvalue weighted by Gasteiger charge is -2.27. The fourth-order valence-corrected chi connectivity index (χ4v) is 3.86. The molecule has 1 fully saturated rings. The average molecular weight is 388 g/mol. The number of hydrogen-bond donors (Lipinski definition) is 1. The molecule has 1 aliphatic heterocycles. The smallest absolute Gasteiger partial charge is 0.251 e. The third-order valence-corrected chi connectivity index (χ3v) is 5.52. The SMILES string of the molecule is Cc1ccc([C@@H](C)C(=O)N2CCC[C@@H]2c2nc(-c3cccnc3)cc(=O)[nH]2)cc1. The van der Waals surface area contributed by atoms with Crippen LogP contribution < -0.4 is 5.56 Å². The van der Waals surface area contributed by atoms with Crippen molar-refractivity contribution in [3.8, 4) is 11.3 Å². The summed E-state index contributed by atoms with van der Waals surface area (Å²) in [5.74, 6) is 0.355. The van der Waals surface area contributed by atoms with Crippen molar-refractivity contribution >= 4 is 5.91 Å². The molecule has 1 N–H and O–H groups in total. The van der Waals surface area contributed by atoms with Gasteiger partial charge in [0.15, 0.2) is 0 Å². The van der Waals surface area contributed by atoms with Crippen LogP contribution in [-0.2, 0) is 4.79 Å². The second-order valence-corrected chi connectivity index (χ2v) is 7.58. The topological polar surface area (TPSA) is 79.0 Å². The van der Waals surface area contributed by atoms with Gasteiger partial charge in [-0.15, -0.1) is 0 Å². The quantitative estimate of drug-likeness (QED) is 0.741. The molecule has 6 heteroatoms. The first-order valence-corrected chi connectivity index (χ1v) is 9.91. The zero-order valence-electron chi connectivity index (χ0n) is 16.6. The molecular formula is C23H24N4O2. The Balaban J connectivity index is 1.63. The Morgan fingerprint density at radius 3 is 2.76 bits per heavy atom. The van der Waals surface area contributed by atoms with Crippen LogP contribution in [0.15, 0.2) is 59.7 Å². The highest BCUT2D eigenvalue weighted by Gasteiger charge is 2.34. The van der Waals surface area contributed by atoms with Crippen LogP contribution in [0.5, 0.6) is 0 Å². The number of rotatable bonds is 4. The Morgan fingerprint density at radius 1 is 1.24 bits per heavy atom. The maximum atomic E-state index is 13.3. The maximum absolute atomic E-state index is 13.3. The Kier molecular flexibility index (Phi) is 5.25. The van der Waals surface area contributed by atoms with Gasteiger partial charge in [0.25, 0.3) is 5.56 Å². The summed E-state index contributed by atoms with van der Waals surface area (Å²) in [6.45, 7) is 4.63. The number of hydrogen-bond acceptors (Lipinski definition) is 4. The van der Waals surface area contributed by atoms with Gasteiger partial charge in [-0.05, 0) is 44.4 Å². The molecule has 3 heterocycles. The normalized spacial score (nSPS) is 17.3. The van der Waals surface area contributed by atoms with Crippen molar-refractivity contribution < 1.29 is 4.79 Å². The summed E-state index contributed by atoms with van der Waals surface area (Å²) in [7, 11) is 0. The van der Waals surface area contributed by atoms with E-state index in [9.17, 15) is 9.59 Å². The third kappa shape index (κ3) is 3.97. The first kappa shape index (κ1) is 19.1. The van der Waals surface area contributed by atoms with Crippen molar-refractivity contribution in [2.75, 3.05) is 6.54 Å². The van der Waals surface area contributed by atoms with Gasteiger partial charge < -0.3 is 9.88 Å². The summed E-state index contributed by atoms with van der Waals surface area (Å²) in [6, 6.07) is 13.0. The van der Waals surface area contributed by atoms with Crippen molar-refractivity contribution in [3.63, 3.8) is 0 Å². The molecule has 29 heavy (non-hydrogen) atoms. The Hall–Kier alpha value is -3.28. The number of amides is 1. The molecule has 2 atom stereocenters. The van der Waals surface area contributed by atoms with Gasteiger partial charge in [-0.2, -0.15) is 0 Å². The van der Waals surface area contributed by atoms with Gasteiger partial charge in [-0.1, -0.05) is 29.8 Å². The number of H-pyrrole nitrogens is 1. The average Bonchev–Trinajstić information content (AvgIpc) is 3.23. The van der Waals surface area contributed by atoms with Crippen LogP contribution in [0.4, 0.5) is 0 Å². The van der Waals surface area contributed by atoms with E-state index in [1.807, 2.05) is 55.1 Å². The first-order valence-electron chi connectivity index (χ1n) is 9.91. The molecule has 1 amide bonds. The molecule has 3 aromatic rings. The molecule has 0 saturated carbocycles. The minimum Gasteiger partial charge on any atom is -0.332 e. The molecule has 1 aliphatic rings. The maximum Gasteiger partial charge on any atom is 0.251 e. The zero-order chi connectivity index (χ0) is 20.4. The lowest BCUT2D eigenvalue weighted by Crippen LogP contribution is -2.35. The largest absolute Gasteiger partial charge is 0.332 e. The number of nitrogens with zero attached hydrogens (tertiary/aromatic N) is 3. The molecule has 0 bridgehead atoms. The fraction of sp³-hybridized carbons (Fsp3) is 0.304. The molecule has 0 aliphatic carbocycles. The summed E-state index contributed by atoms with van der Waals surface area (Å²) < 4.78 is 0. The predicted octanol–water partition coefficient (Wildman–Crippen LogP) is 3.61. The van der Waals surface area contributed by atoms with Gasteiger partial charge in [0.05, 0.1) is 17.7 Å². The molecule has 6 nitrogen and oxygen atoms in total. The van der Waals surface area contributed by atoms with E-state index in [0.29, 0.717) is 18.1 Å². The highest BCUT2D eigenvalue weighted by atomic mass is 16.2. The van der Waals surface area contributed by atoms with E-state index >= 15 is 0 Å². The Morgan fingerprint density at radius 2 is 2.03 bits per heavy atom. The summed E-state index contributed by atoms with van der Waals surface area (Å²) in [6.07, 6.45) is 5.04. The van der Waals surface area contributed by atoms with E-state index in [4.69, 9.17) is 0 Å². The van der Waals surface area contributed by atoms with Crippen LogP contribution >= 0.6 is 0 Å². The third-order valence-electron chi connectivity index (χ3n) is 5.52. The number of aryl methyl sites for hydroxylation is 1. The van der Waals surface area contributed by atoms with Gasteiger partial charge in [-0.25, -0.2) is 4.98 Å². The first-order chi connectivity index (χ1) is 14.0. The van der Waals surface area contributed by atoms with Gasteiger partial charge in [0, 0.05) is 30.6 Å². The van der Waals surface area contributed by atoms with Crippen LogP contribution in [0.25, 0.3) is 11.3 Å². The number of nitrogens with one attached hydrogen (secondary N) is 1. The molecule has 4 rings (SSSR count). The number of likely N-dealkylation sites (tertiary alicyclic amines) is 1. The number of benzene rings is 1. The molecule has 0 radical (unpaired) electrons. The lowest BCUT2D eigenvalue weighted by molar-refractivity contribution is -0.133. The number of aromatic amines is 1. The van der Waals surface area contributed by atoms with Crippen molar-refractivity contribution in [2.24, 2.45) is 0 Å². The fourth-order valence-electron chi connectivity index (χ4n) is 3.86. The second kappa shape index (κ2) is 7.99. The molecule has 0 unspecified atom stereocenters. The highest BCUT2D eigenvalue weighted by molar-refractivity contribution is 5.84. The number of carbonyl (C=O) groups excluding carboxylic acids is 1. The summed E-state index contributed by atoms with van der Waals surface area (Å²) in [5.41, 5.74) is 3.30. The van der Waals surface area contributed by atoms with Gasteiger partial charge in [0.1, 0.15) is 5.82 Å². The van der Waals surface area contributed by atoms with Crippen molar-refractivity contribution in [1.82, 2.24) is 19.9 Å². The number of aromatic nitrogens is 3. The molecular weight excluding hydrogens is 364 g/mol. The van der Waals surface area contributed by atoms with Crippen LogP contribution in [0.3, 0.4) is 0 Å². The molecule has 1 aromatic carbocycles. The van der Waals surface area contributed by atoms with E-state index in [1.165, 1.54) is 11.6 Å². The van der Waals surface area contributed by atoms with E-state index in [-0.39, 0.29) is 23.4 Å². The summed E-state index contributed by atoms with van der Waals surface area (Å²) in [4.78, 5) is 39.0. The molecule has 1 saturated heterocycles. The molecule has 0 spiro atoms. The van der Waals surface area contributed by atoms with Crippen molar-refractivity contribution in [3.05, 3.63) is 82.2 Å². The van der Waals surface area contributed by atoms with Crippen molar-refractivity contribution in [1.29, 1.82) is 0 Å². The van der Waals surface area contributed by atoms with E-state index in [1.54, 1.807) is 12.4 Å². The predicted molar refractivity (Wildman–Crippen MR) is 111 cm³/mol. The highest BCUT2D eigenvalue weighted by Crippen LogP contribution is 2.33. The van der Waals surface area contributed by atoms with E-state index in [2.05, 4.69) is 15.0 Å². The monoisotopic (exact) mass is 388 g/mol. The molecule has 148 valence electrons. The minimum absolute atomic E-state index is 0.0609. The van der Waals surface area contributed by atoms with E-state index in [0.717, 1.165) is 24.0 Å². The Bertz CT molecular complexity index is 1060. The number of carbonyl (C=O) groups is 1. The Labute approximate surface area is 169 Å². The van der Waals surface area contributed by atoms with E-state index < -0.39 is 0 Å². The van der Waals surface area contributed by atoms with Gasteiger partial charge in [-0.3, -0.25) is 14.6 Å². The summed E-state index contributed by atoms with van der Waals surface area (Å²) >= 11 is 0. The minimum atomic E-state index is -0.246. The lowest BCUT2D eigenvalue weighted by atomic mass is 9.98. The van der Waals surface area contributed by atoms with Gasteiger partial charge in [0.2, 0.25) is 5.91 Å². The second-order valence-electron chi connectivity index (χ2n) is 7.58. The van der Waals surface area contributed by atoms with Crippen molar-refractivity contribution in [2.45, 2.75) is 38.6 Å². The number of pyridine rings is 1. The standard InChI is InChI=1S/C23H24N4O2/c1-15-7-9-17(10-8-15)16(2)23(29)27-12-4-6-20(27)22-25-19(13-21(28)26-22)18-5-3-11-24-14-18/h3,5,7-11,13-14,16,20H,4,6,12H2,1-2H3,(H,25,26,28)/t16-,20-/m1/s1. The summed E-state index contributed by atoms with van der Waals surface area (Å²) in [5, 5.41) is 0.